The molecule has 0 radical (unpaired) electrons. The Hall–Kier alpha value is -0.970. The Bertz CT molecular complexity index is 517. The van der Waals surface area contributed by atoms with E-state index < -0.39 is 0 Å². The van der Waals surface area contributed by atoms with Crippen molar-refractivity contribution in [3.05, 3.63) is 29.8 Å². The van der Waals surface area contributed by atoms with Gasteiger partial charge in [-0.3, -0.25) is 4.79 Å². The van der Waals surface area contributed by atoms with E-state index in [4.69, 9.17) is 0 Å². The van der Waals surface area contributed by atoms with Crippen molar-refractivity contribution in [2.24, 2.45) is 5.92 Å². The van der Waals surface area contributed by atoms with Crippen molar-refractivity contribution in [1.82, 2.24) is 10.6 Å². The molecule has 1 saturated carbocycles. The Morgan fingerprint density at radius 1 is 1.25 bits per heavy atom. The van der Waals surface area contributed by atoms with Crippen molar-refractivity contribution < 1.29 is 4.79 Å². The molecule has 1 saturated heterocycles. The summed E-state index contributed by atoms with van der Waals surface area (Å²) in [5.41, 5.74) is 2.46. The summed E-state index contributed by atoms with van der Waals surface area (Å²) >= 11 is 0. The number of carbonyl (C=O) groups excluding carboxylic acids is 1. The molecule has 0 bridgehead atoms. The van der Waals surface area contributed by atoms with Crippen LogP contribution >= 0.6 is 24.8 Å². The summed E-state index contributed by atoms with van der Waals surface area (Å²) in [7, 11) is 0. The molecule has 2 fully saturated rings. The van der Waals surface area contributed by atoms with Crippen LogP contribution in [0.4, 0.5) is 5.69 Å². The number of carbonyl (C=O) groups is 1. The fraction of sp³-hybridized carbons (Fsp3) is 0.611. The normalized spacial score (nSPS) is 17.6. The van der Waals surface area contributed by atoms with Crippen LogP contribution in [0.2, 0.25) is 0 Å². The maximum absolute atomic E-state index is 12.0. The zero-order chi connectivity index (χ0) is 15.4. The van der Waals surface area contributed by atoms with E-state index in [1.54, 1.807) is 0 Å². The molecule has 2 aliphatic rings. The molecule has 6 heteroatoms. The van der Waals surface area contributed by atoms with Gasteiger partial charge in [0.2, 0.25) is 5.91 Å². The Labute approximate surface area is 157 Å². The smallest absolute Gasteiger partial charge is 0.234 e. The van der Waals surface area contributed by atoms with Crippen LogP contribution in [-0.4, -0.2) is 32.1 Å². The van der Waals surface area contributed by atoms with Crippen molar-refractivity contribution in [1.29, 1.82) is 0 Å². The van der Waals surface area contributed by atoms with Crippen LogP contribution in [0.3, 0.4) is 0 Å². The van der Waals surface area contributed by atoms with E-state index in [1.807, 2.05) is 0 Å². The van der Waals surface area contributed by atoms with Gasteiger partial charge in [0.25, 0.3) is 0 Å². The minimum Gasteiger partial charge on any atom is -0.372 e. The highest BCUT2D eigenvalue weighted by Crippen LogP contribution is 2.27. The average molecular weight is 374 g/mol. The molecule has 24 heavy (non-hydrogen) atoms. The van der Waals surface area contributed by atoms with Crippen LogP contribution in [-0.2, 0) is 4.79 Å². The molecule has 1 aliphatic heterocycles. The second kappa shape index (κ2) is 10.1. The van der Waals surface area contributed by atoms with Crippen LogP contribution in [0.1, 0.15) is 44.2 Å². The minimum atomic E-state index is 0. The molecule has 4 nitrogen and oxygen atoms in total. The first-order valence-corrected chi connectivity index (χ1v) is 8.57. The first kappa shape index (κ1) is 21.1. The Kier molecular flexibility index (Phi) is 8.88. The van der Waals surface area contributed by atoms with Gasteiger partial charge in [0.1, 0.15) is 0 Å². The van der Waals surface area contributed by atoms with Crippen molar-refractivity contribution in [2.75, 3.05) is 31.1 Å². The average Bonchev–Trinajstić information content (AvgIpc) is 3.17. The summed E-state index contributed by atoms with van der Waals surface area (Å²) in [4.78, 5) is 14.4. The highest BCUT2D eigenvalue weighted by atomic mass is 35.5. The summed E-state index contributed by atoms with van der Waals surface area (Å²) in [5, 5.41) is 6.33. The Morgan fingerprint density at radius 2 is 1.96 bits per heavy atom. The van der Waals surface area contributed by atoms with Crippen LogP contribution in [0.25, 0.3) is 0 Å². The third-order valence-corrected chi connectivity index (χ3v) is 4.63. The summed E-state index contributed by atoms with van der Waals surface area (Å²) in [5.74, 6) is 0.891. The molecule has 1 heterocycles. The maximum Gasteiger partial charge on any atom is 0.234 e. The lowest BCUT2D eigenvalue weighted by atomic mass is 10.1. The third-order valence-electron chi connectivity index (χ3n) is 4.63. The Morgan fingerprint density at radius 3 is 2.62 bits per heavy atom. The zero-order valence-corrected chi connectivity index (χ0v) is 15.9. The lowest BCUT2D eigenvalue weighted by Gasteiger charge is -2.21. The number of amides is 1. The van der Waals surface area contributed by atoms with Gasteiger partial charge in [-0.15, -0.1) is 24.8 Å². The zero-order valence-electron chi connectivity index (χ0n) is 14.3. The number of benzene rings is 1. The highest BCUT2D eigenvalue weighted by Gasteiger charge is 2.21. The van der Waals surface area contributed by atoms with Crippen molar-refractivity contribution in [3.63, 3.8) is 0 Å². The summed E-state index contributed by atoms with van der Waals surface area (Å²) in [6.45, 7) is 5.76. The van der Waals surface area contributed by atoms with E-state index in [-0.39, 0.29) is 36.8 Å². The van der Waals surface area contributed by atoms with Crippen LogP contribution < -0.4 is 15.5 Å². The van der Waals surface area contributed by atoms with E-state index in [9.17, 15) is 4.79 Å². The van der Waals surface area contributed by atoms with Gasteiger partial charge < -0.3 is 15.5 Å². The molecule has 3 rings (SSSR count). The molecule has 1 aromatic rings. The first-order valence-electron chi connectivity index (χ1n) is 8.57. The summed E-state index contributed by atoms with van der Waals surface area (Å²) < 4.78 is 0. The van der Waals surface area contributed by atoms with Crippen molar-refractivity contribution in [3.8, 4) is 0 Å². The van der Waals surface area contributed by atoms with Crippen LogP contribution in [0.5, 0.6) is 0 Å². The lowest BCUT2D eigenvalue weighted by Crippen LogP contribution is -2.36. The fourth-order valence-corrected chi connectivity index (χ4v) is 3.05. The van der Waals surface area contributed by atoms with E-state index >= 15 is 0 Å². The molecule has 0 aromatic heterocycles. The molecular weight excluding hydrogens is 345 g/mol. The number of rotatable bonds is 7. The molecule has 136 valence electrons. The van der Waals surface area contributed by atoms with Crippen LogP contribution in [0.15, 0.2) is 24.3 Å². The highest BCUT2D eigenvalue weighted by molar-refractivity contribution is 5.85. The molecule has 1 aliphatic carbocycles. The predicted molar refractivity (Wildman–Crippen MR) is 105 cm³/mol. The standard InChI is InChI=1S/C18H27N3O.2ClH/c1-14(20-18(22)13-19-12-15-7-8-15)16-5-4-6-17(11-16)21-9-2-3-10-21;;/h4-6,11,14-15,19H,2-3,7-10,12-13H2,1H3,(H,20,22);2*1H. The number of hydrogen-bond acceptors (Lipinski definition) is 3. The SMILES string of the molecule is CC(NC(=O)CNCC1CC1)c1cccc(N2CCCC2)c1.Cl.Cl. The van der Waals surface area contributed by atoms with E-state index in [0.717, 1.165) is 25.6 Å². The second-order valence-electron chi connectivity index (χ2n) is 6.65. The minimum absolute atomic E-state index is 0. The van der Waals surface area contributed by atoms with Crippen molar-refractivity contribution in [2.45, 2.75) is 38.6 Å². The predicted octanol–water partition coefficient (Wildman–Crippen LogP) is 3.31. The lowest BCUT2D eigenvalue weighted by molar-refractivity contribution is -0.120. The molecule has 1 atom stereocenters. The molecule has 1 amide bonds. The number of halogens is 2. The van der Waals surface area contributed by atoms with Crippen molar-refractivity contribution >= 4 is 36.4 Å². The number of nitrogens with zero attached hydrogens (tertiary/aromatic N) is 1. The second-order valence-corrected chi connectivity index (χ2v) is 6.65. The molecule has 1 unspecified atom stereocenters. The summed E-state index contributed by atoms with van der Waals surface area (Å²) in [6.07, 6.45) is 5.19. The molecule has 2 N–H and O–H groups in total. The maximum atomic E-state index is 12.0. The van der Waals surface area contributed by atoms with E-state index in [0.29, 0.717) is 6.54 Å². The Balaban J connectivity index is 0.00000144. The molecule has 0 spiro atoms. The molecule has 1 aromatic carbocycles. The van der Waals surface area contributed by atoms with Gasteiger partial charge in [-0.2, -0.15) is 0 Å². The monoisotopic (exact) mass is 373 g/mol. The largest absolute Gasteiger partial charge is 0.372 e. The van der Waals surface area contributed by atoms with Gasteiger partial charge >= 0.3 is 0 Å². The number of hydrogen-bond donors (Lipinski definition) is 2. The quantitative estimate of drug-likeness (QED) is 0.770. The third kappa shape index (κ3) is 6.15. The number of nitrogens with one attached hydrogen (secondary N) is 2. The van der Waals surface area contributed by atoms with Gasteiger partial charge in [-0.25, -0.2) is 0 Å². The van der Waals surface area contributed by atoms with Gasteiger partial charge in [-0.1, -0.05) is 12.1 Å². The first-order chi connectivity index (χ1) is 10.7. The van der Waals surface area contributed by atoms with Gasteiger partial charge in [-0.05, 0) is 62.8 Å². The van der Waals surface area contributed by atoms with Gasteiger partial charge in [0.05, 0.1) is 12.6 Å². The fourth-order valence-electron chi connectivity index (χ4n) is 3.05. The van der Waals surface area contributed by atoms with E-state index in [2.05, 4.69) is 46.7 Å². The topological polar surface area (TPSA) is 44.4 Å². The molecular formula is C18H29Cl2N3O. The van der Waals surface area contributed by atoms with E-state index in [1.165, 1.54) is 36.9 Å². The summed E-state index contributed by atoms with van der Waals surface area (Å²) in [6, 6.07) is 8.63. The van der Waals surface area contributed by atoms with Gasteiger partial charge in [0, 0.05) is 18.8 Å². The van der Waals surface area contributed by atoms with Gasteiger partial charge in [0.15, 0.2) is 0 Å². The van der Waals surface area contributed by atoms with Crippen LogP contribution in [0, 0.1) is 5.92 Å². The number of anilines is 1.